The van der Waals surface area contributed by atoms with E-state index in [2.05, 4.69) is 5.10 Å². The van der Waals surface area contributed by atoms with E-state index in [0.29, 0.717) is 13.0 Å². The van der Waals surface area contributed by atoms with Crippen LogP contribution in [0.2, 0.25) is 0 Å². The van der Waals surface area contributed by atoms with Crippen molar-refractivity contribution in [2.75, 3.05) is 13.7 Å². The quantitative estimate of drug-likeness (QED) is 0.631. The van der Waals surface area contributed by atoms with Crippen molar-refractivity contribution >= 4 is 12.2 Å². The summed E-state index contributed by atoms with van der Waals surface area (Å²) in [7, 11) is 1.32. The van der Waals surface area contributed by atoms with Gasteiger partial charge < -0.3 is 4.74 Å². The number of methoxy groups -OCH3 is 1. The molecule has 0 radical (unpaired) electrons. The average molecular weight is 282 g/mol. The molecule has 1 aromatic rings. The Kier molecular flexibility index (Phi) is 4.01. The standard InChI is InChI=1S/C14H16F2N2O2/c1-14(13(19)20-2)7-4-8-18(14)17-9-10-5-3-6-11(15)12(10)16/h3,5-6,9H,4,7-8H2,1-2H3/t14-/m1/s1. The zero-order valence-electron chi connectivity index (χ0n) is 11.4. The normalized spacial score (nSPS) is 22.5. The van der Waals surface area contributed by atoms with E-state index in [1.165, 1.54) is 25.5 Å². The Morgan fingerprint density at radius 3 is 2.95 bits per heavy atom. The SMILES string of the molecule is COC(=O)[C@@]1(C)CCCN1N=Cc1cccc(F)c1F. The van der Waals surface area contributed by atoms with Gasteiger partial charge in [0, 0.05) is 12.1 Å². The predicted molar refractivity (Wildman–Crippen MR) is 70.3 cm³/mol. The molecule has 1 aromatic carbocycles. The lowest BCUT2D eigenvalue weighted by atomic mass is 10.0. The molecular formula is C14H16F2N2O2. The maximum Gasteiger partial charge on any atom is 0.333 e. The van der Waals surface area contributed by atoms with E-state index in [1.807, 2.05) is 0 Å². The number of nitrogens with zero attached hydrogens (tertiary/aromatic N) is 2. The molecule has 6 heteroatoms. The van der Waals surface area contributed by atoms with Gasteiger partial charge in [0.15, 0.2) is 17.2 Å². The summed E-state index contributed by atoms with van der Waals surface area (Å²) in [5.41, 5.74) is -0.807. The maximum atomic E-state index is 13.5. The highest BCUT2D eigenvalue weighted by Crippen LogP contribution is 2.30. The molecule has 0 aromatic heterocycles. The smallest absolute Gasteiger partial charge is 0.333 e. The summed E-state index contributed by atoms with van der Waals surface area (Å²) in [6, 6.07) is 3.87. The molecular weight excluding hydrogens is 266 g/mol. The van der Waals surface area contributed by atoms with Gasteiger partial charge in [-0.2, -0.15) is 5.10 Å². The first kappa shape index (κ1) is 14.4. The molecule has 1 heterocycles. The third-order valence-corrected chi connectivity index (χ3v) is 3.55. The van der Waals surface area contributed by atoms with Crippen LogP contribution in [0.25, 0.3) is 0 Å². The Morgan fingerprint density at radius 2 is 2.25 bits per heavy atom. The molecule has 20 heavy (non-hydrogen) atoms. The molecule has 108 valence electrons. The zero-order valence-corrected chi connectivity index (χ0v) is 11.4. The molecule has 0 amide bonds. The van der Waals surface area contributed by atoms with Crippen molar-refractivity contribution in [1.29, 1.82) is 0 Å². The van der Waals surface area contributed by atoms with E-state index in [-0.39, 0.29) is 11.5 Å². The number of rotatable bonds is 3. The largest absolute Gasteiger partial charge is 0.467 e. The van der Waals surface area contributed by atoms with Crippen molar-refractivity contribution in [3.63, 3.8) is 0 Å². The minimum absolute atomic E-state index is 0.0455. The number of hydrazone groups is 1. The topological polar surface area (TPSA) is 41.9 Å². The second-order valence-corrected chi connectivity index (χ2v) is 4.88. The van der Waals surface area contributed by atoms with Crippen LogP contribution < -0.4 is 0 Å². The highest BCUT2D eigenvalue weighted by atomic mass is 19.2. The molecule has 0 saturated carbocycles. The summed E-state index contributed by atoms with van der Waals surface area (Å²) in [5, 5.41) is 5.68. The van der Waals surface area contributed by atoms with Gasteiger partial charge in [-0.05, 0) is 25.8 Å². The minimum Gasteiger partial charge on any atom is -0.467 e. The van der Waals surface area contributed by atoms with Crippen LogP contribution in [-0.2, 0) is 9.53 Å². The molecule has 0 bridgehead atoms. The van der Waals surface area contributed by atoms with Crippen LogP contribution in [0, 0.1) is 11.6 Å². The van der Waals surface area contributed by atoms with Crippen molar-refractivity contribution in [3.8, 4) is 0 Å². The lowest BCUT2D eigenvalue weighted by molar-refractivity contribution is -0.152. The number of hydrogen-bond donors (Lipinski definition) is 0. The van der Waals surface area contributed by atoms with Crippen LogP contribution in [0.3, 0.4) is 0 Å². The Balaban J connectivity index is 2.22. The number of carbonyl (C=O) groups is 1. The fourth-order valence-electron chi connectivity index (χ4n) is 2.31. The van der Waals surface area contributed by atoms with Crippen LogP contribution in [-0.4, -0.2) is 36.4 Å². The van der Waals surface area contributed by atoms with Gasteiger partial charge >= 0.3 is 5.97 Å². The monoisotopic (exact) mass is 282 g/mol. The van der Waals surface area contributed by atoms with Crippen molar-refractivity contribution in [2.45, 2.75) is 25.3 Å². The molecule has 1 aliphatic rings. The van der Waals surface area contributed by atoms with Crippen LogP contribution >= 0.6 is 0 Å². The Bertz CT molecular complexity index is 548. The molecule has 1 fully saturated rings. The van der Waals surface area contributed by atoms with Gasteiger partial charge in [-0.3, -0.25) is 5.01 Å². The number of carbonyl (C=O) groups excluding carboxylic acids is 1. The van der Waals surface area contributed by atoms with E-state index in [4.69, 9.17) is 4.74 Å². The van der Waals surface area contributed by atoms with E-state index in [0.717, 1.165) is 12.5 Å². The summed E-state index contributed by atoms with van der Waals surface area (Å²) < 4.78 is 31.4. The minimum atomic E-state index is -0.949. The molecule has 4 nitrogen and oxygen atoms in total. The average Bonchev–Trinajstić information content (AvgIpc) is 2.82. The maximum absolute atomic E-state index is 13.5. The van der Waals surface area contributed by atoms with Gasteiger partial charge in [0.25, 0.3) is 0 Å². The van der Waals surface area contributed by atoms with Crippen LogP contribution in [0.1, 0.15) is 25.3 Å². The first-order valence-electron chi connectivity index (χ1n) is 6.33. The summed E-state index contributed by atoms with van der Waals surface area (Å²) in [6.07, 6.45) is 2.63. The number of halogens is 2. The molecule has 1 aliphatic heterocycles. The fraction of sp³-hybridized carbons (Fsp3) is 0.429. The van der Waals surface area contributed by atoms with Gasteiger partial charge in [0.1, 0.15) is 0 Å². The molecule has 0 N–H and O–H groups in total. The summed E-state index contributed by atoms with van der Waals surface area (Å²) >= 11 is 0. The van der Waals surface area contributed by atoms with Crippen molar-refractivity contribution in [1.82, 2.24) is 5.01 Å². The van der Waals surface area contributed by atoms with E-state index < -0.39 is 17.2 Å². The Labute approximate surface area is 116 Å². The Morgan fingerprint density at radius 1 is 1.50 bits per heavy atom. The highest BCUT2D eigenvalue weighted by Gasteiger charge is 2.44. The van der Waals surface area contributed by atoms with Crippen LogP contribution in [0.15, 0.2) is 23.3 Å². The summed E-state index contributed by atoms with van der Waals surface area (Å²) in [6.45, 7) is 2.30. The van der Waals surface area contributed by atoms with Gasteiger partial charge in [-0.15, -0.1) is 0 Å². The lowest BCUT2D eigenvalue weighted by Crippen LogP contribution is -2.45. The second-order valence-electron chi connectivity index (χ2n) is 4.88. The van der Waals surface area contributed by atoms with Gasteiger partial charge in [-0.1, -0.05) is 12.1 Å². The first-order valence-corrected chi connectivity index (χ1v) is 6.33. The molecule has 0 unspecified atom stereocenters. The zero-order chi connectivity index (χ0) is 14.8. The number of esters is 1. The third kappa shape index (κ3) is 2.50. The van der Waals surface area contributed by atoms with Crippen molar-refractivity contribution in [2.24, 2.45) is 5.10 Å². The van der Waals surface area contributed by atoms with Crippen LogP contribution in [0.5, 0.6) is 0 Å². The molecule has 2 rings (SSSR count). The van der Waals surface area contributed by atoms with Crippen molar-refractivity contribution in [3.05, 3.63) is 35.4 Å². The number of ether oxygens (including phenoxy) is 1. The second kappa shape index (κ2) is 5.56. The molecule has 0 spiro atoms. The third-order valence-electron chi connectivity index (χ3n) is 3.55. The predicted octanol–water partition coefficient (Wildman–Crippen LogP) is 2.33. The van der Waals surface area contributed by atoms with E-state index >= 15 is 0 Å². The van der Waals surface area contributed by atoms with Gasteiger partial charge in [0.05, 0.1) is 13.3 Å². The van der Waals surface area contributed by atoms with Gasteiger partial charge in [-0.25, -0.2) is 13.6 Å². The highest BCUT2D eigenvalue weighted by molar-refractivity contribution is 5.82. The Hall–Kier alpha value is -1.98. The van der Waals surface area contributed by atoms with Crippen molar-refractivity contribution < 1.29 is 18.3 Å². The first-order chi connectivity index (χ1) is 9.49. The fourth-order valence-corrected chi connectivity index (χ4v) is 2.31. The van der Waals surface area contributed by atoms with E-state index in [1.54, 1.807) is 11.9 Å². The van der Waals surface area contributed by atoms with E-state index in [9.17, 15) is 13.6 Å². The van der Waals surface area contributed by atoms with Crippen LogP contribution in [0.4, 0.5) is 8.78 Å². The van der Waals surface area contributed by atoms with Gasteiger partial charge in [0.2, 0.25) is 0 Å². The lowest BCUT2D eigenvalue weighted by Gasteiger charge is -2.29. The molecule has 1 atom stereocenters. The summed E-state index contributed by atoms with van der Waals surface area (Å²) in [5.74, 6) is -2.26. The number of benzene rings is 1. The molecule has 1 saturated heterocycles. The molecule has 0 aliphatic carbocycles. The number of hydrogen-bond acceptors (Lipinski definition) is 4. The summed E-state index contributed by atoms with van der Waals surface area (Å²) in [4.78, 5) is 11.8.